The Labute approximate surface area is 820 Å². The lowest BCUT2D eigenvalue weighted by Crippen LogP contribution is -2.63. The summed E-state index contributed by atoms with van der Waals surface area (Å²) in [5, 5.41) is 62.7. The number of esters is 1. The number of benzene rings is 5. The topological polar surface area (TPSA) is 542 Å². The molecule has 0 saturated carbocycles. The second-order valence-electron chi connectivity index (χ2n) is 34.9. The van der Waals surface area contributed by atoms with E-state index in [0.717, 1.165) is 32.7 Å². The molecule has 0 radical (unpaired) electrons. The van der Waals surface area contributed by atoms with Gasteiger partial charge in [0.25, 0.3) is 0 Å². The van der Waals surface area contributed by atoms with Gasteiger partial charge in [-0.25, -0.2) is 9.59 Å². The number of nitrogens with one attached hydrogen (secondary N) is 12. The minimum atomic E-state index is -1.93. The number of aromatic amines is 2. The van der Waals surface area contributed by atoms with E-state index in [1.165, 1.54) is 97.8 Å². The number of aromatic hydroxyl groups is 1. The molecule has 6 heterocycles. The molecule has 0 spiro atoms. The number of aromatic nitrogens is 2. The Morgan fingerprint density at radius 1 is 0.746 bits per heavy atom. The smallest absolute Gasteiger partial charge is 0.409 e. The number of epoxide rings is 1. The van der Waals surface area contributed by atoms with Gasteiger partial charge < -0.3 is 118 Å². The van der Waals surface area contributed by atoms with Crippen LogP contribution in [0.4, 0.5) is 10.5 Å². The Hall–Kier alpha value is -11.4. The largest absolute Gasteiger partial charge is 0.508 e. The van der Waals surface area contributed by atoms with Gasteiger partial charge in [0.05, 0.1) is 37.5 Å². The van der Waals surface area contributed by atoms with Crippen molar-refractivity contribution in [2.24, 2.45) is 17.4 Å². The monoisotopic (exact) mass is 2000 g/mol. The van der Waals surface area contributed by atoms with Crippen LogP contribution in [-0.2, 0) is 109 Å². The number of phenols is 1. The zero-order valence-corrected chi connectivity index (χ0v) is 82.2. The molecule has 4 bridgehead atoms. The highest BCUT2D eigenvalue weighted by atomic mass is 35.5. The van der Waals surface area contributed by atoms with Crippen molar-refractivity contribution in [1.29, 1.82) is 0 Å². The summed E-state index contributed by atoms with van der Waals surface area (Å²) in [6.07, 6.45) is 1.77. The maximum Gasteiger partial charge on any atom is 0.409 e. The van der Waals surface area contributed by atoms with Crippen LogP contribution in [0.1, 0.15) is 107 Å². The van der Waals surface area contributed by atoms with Gasteiger partial charge in [-0.15, -0.1) is 0 Å². The van der Waals surface area contributed by atoms with Gasteiger partial charge in [0.15, 0.2) is 5.72 Å². The first-order chi connectivity index (χ1) is 66.0. The number of amides is 12. The summed E-state index contributed by atoms with van der Waals surface area (Å²) < 4.78 is 29.7. The predicted octanol–water partition coefficient (Wildman–Crippen LogP) is 5.17. The third-order valence-electron chi connectivity index (χ3n) is 24.7. The lowest BCUT2D eigenvalue weighted by Gasteiger charge is -2.42. The molecule has 42 heteroatoms. The summed E-state index contributed by atoms with van der Waals surface area (Å²) in [4.78, 5) is 198. The molecule has 0 aliphatic carbocycles. The van der Waals surface area contributed by atoms with Gasteiger partial charge in [0, 0.05) is 136 Å². The van der Waals surface area contributed by atoms with Crippen LogP contribution in [0.3, 0.4) is 0 Å². The standard InChI is InChI=1S/C96H123ClN16O21S4/c1-53-20-19-28-77(131-9)96(129)48-76(132-94(128)111-96)54(2)84-95(5,134-84)78(47-81(118)113(7)74-43-59(40-53)44-75(130-8)82(74)97)133-93(127)55(3)112(6)80(117)34-39-136-135-38-33-79(116)100-36-37-101-86(120)70(45-60-49-102-66-25-15-13-23-63(60)66)106-91(125)73-52-138-137-51-72(108-85(119)65(99)41-57-21-11-10-12-22-57)90(124)105-69(42-58-29-31-62(115)32-30-58)88(122)107-71(46-61-50-103-67-26-16-14-24-64(61)67)89(123)104-68(27-17-18-35-98)87(121)110-83(56(4)114)92(126)109-73/h10-16,19-26,28-32,43-44,49-50,54-56,65,68-73,76-78,83-84,102-103,114-115,129H,17-18,27,33-42,45-48,51-52,98-99H2,1-9H3,(H,100,116)(H,101,120)(H,104,123)(H,105,124)(H,106,125)(H,107,122)(H,108,119)(H,109,126)(H,110,121)(H,111,128)/b28-19+,53-20+/t54-,55?,56-,65-,68?,69+,70+,71-,72+,73+,76+,77-,78+,83?,84+,95+,96?/m1/s1. The fourth-order valence-corrected chi connectivity index (χ4v) is 21.1. The van der Waals surface area contributed by atoms with Crippen LogP contribution < -0.4 is 74.3 Å². The summed E-state index contributed by atoms with van der Waals surface area (Å²) >= 11 is 6.89. The van der Waals surface area contributed by atoms with E-state index in [0.29, 0.717) is 74.1 Å². The Balaban J connectivity index is 0.742. The number of unbranched alkanes of at least 4 members (excludes halogenated alkanes) is 1. The maximum atomic E-state index is 15.3. The number of methoxy groups -OCH3 is 2. The minimum absolute atomic E-state index is 0.0144. The van der Waals surface area contributed by atoms with Gasteiger partial charge in [-0.3, -0.25) is 58.1 Å². The molecule has 2 aromatic heterocycles. The molecule has 4 aliphatic rings. The van der Waals surface area contributed by atoms with Crippen molar-refractivity contribution in [2.75, 3.05) is 75.9 Å². The number of carbonyl (C=O) groups excluding carboxylic acids is 13. The van der Waals surface area contributed by atoms with Crippen molar-refractivity contribution in [3.8, 4) is 11.5 Å². The number of allylic oxidation sites excluding steroid dienone is 3. The van der Waals surface area contributed by atoms with Crippen LogP contribution >= 0.6 is 54.8 Å². The summed E-state index contributed by atoms with van der Waals surface area (Å²) in [5.41, 5.74) is 14.9. The number of para-hydroxylation sites is 2. The average molecular weight is 2000 g/mol. The van der Waals surface area contributed by atoms with Crippen LogP contribution in [0.2, 0.25) is 5.02 Å². The highest BCUT2D eigenvalue weighted by Gasteiger charge is 2.65. The maximum absolute atomic E-state index is 15.3. The number of aliphatic hydroxyl groups is 2. The zero-order chi connectivity index (χ0) is 99.7. The fourth-order valence-electron chi connectivity index (χ4n) is 16.5. The number of hydrogen-bond acceptors (Lipinski definition) is 27. The second kappa shape index (κ2) is 50.5. The highest BCUT2D eigenvalue weighted by molar-refractivity contribution is 8.77. The van der Waals surface area contributed by atoms with Gasteiger partial charge in [-0.05, 0) is 131 Å². The predicted molar refractivity (Wildman–Crippen MR) is 528 cm³/mol. The second-order valence-corrected chi connectivity index (χ2v) is 40.6. The van der Waals surface area contributed by atoms with Crippen molar-refractivity contribution < 1.29 is 101 Å². The van der Waals surface area contributed by atoms with Gasteiger partial charge in [-0.1, -0.05) is 164 Å². The fraction of sp³-hybridized carbons (Fsp3) is 0.469. The number of fused-ring (bicyclic) bond motifs is 7. The Morgan fingerprint density at radius 2 is 1.38 bits per heavy atom. The van der Waals surface area contributed by atoms with Gasteiger partial charge in [-0.2, -0.15) is 0 Å². The molecule has 37 nitrogen and oxygen atoms in total. The average Bonchev–Trinajstić information content (AvgIpc) is 1.57. The number of carbonyl (C=O) groups is 13. The molecule has 744 valence electrons. The lowest BCUT2D eigenvalue weighted by molar-refractivity contribution is -0.162. The molecule has 4 aliphatic heterocycles. The summed E-state index contributed by atoms with van der Waals surface area (Å²) in [6.45, 7) is 8.00. The molecule has 11 rings (SSSR count). The summed E-state index contributed by atoms with van der Waals surface area (Å²) in [6, 6.07) is 19.6. The zero-order valence-electron chi connectivity index (χ0n) is 78.2. The Bertz CT molecular complexity index is 5540. The highest BCUT2D eigenvalue weighted by Crippen LogP contribution is 2.50. The first kappa shape index (κ1) is 107. The van der Waals surface area contributed by atoms with E-state index >= 15 is 19.2 Å². The molecular weight excluding hydrogens is 1880 g/mol. The number of halogens is 1. The van der Waals surface area contributed by atoms with Crippen LogP contribution in [0.25, 0.3) is 21.8 Å². The van der Waals surface area contributed by atoms with E-state index in [-0.39, 0.29) is 111 Å². The lowest BCUT2D eigenvalue weighted by atomic mass is 9.83. The molecule has 19 N–H and O–H groups in total. The van der Waals surface area contributed by atoms with Crippen LogP contribution in [0, 0.1) is 5.92 Å². The van der Waals surface area contributed by atoms with Gasteiger partial charge in [0.1, 0.15) is 88.8 Å². The molecule has 17 atom stereocenters. The number of rotatable bonds is 33. The van der Waals surface area contributed by atoms with E-state index in [2.05, 4.69) is 63.1 Å². The third kappa shape index (κ3) is 29.1. The van der Waals surface area contributed by atoms with Gasteiger partial charge in [0.2, 0.25) is 65.0 Å². The van der Waals surface area contributed by atoms with Gasteiger partial charge >= 0.3 is 12.1 Å². The van der Waals surface area contributed by atoms with E-state index in [1.807, 2.05) is 49.4 Å². The Morgan fingerprint density at radius 3 is 2.06 bits per heavy atom. The molecule has 7 aromatic rings. The SMILES string of the molecule is COc1cc2cc(c1Cl)N(C)C(=O)C[C@H](OC(=O)C(C)N(C)C(=O)CCSSCCC(=O)NCCNC(=O)[C@H](Cc1c[nH]c3ccccc13)NC(=O)[C@@H]1CSSC[C@H](NC(=O)[C@H](N)Cc3ccccc3)C(=O)N[C@@H](Cc3ccc(O)cc3)C(=O)N[C@H](Cc3c[nH]c4ccccc34)C(=O)NC(CCCCN)C(=O)NC([C@@H](C)O)C(=O)N1)[C@]1(C)O[C@H]1[C@H](C)[C@@H]1CC(O)(NC(=O)O1)[C@H](OC)/C=C/C=C(\C)C2. The summed E-state index contributed by atoms with van der Waals surface area (Å²) in [7, 11) is 10.4. The molecule has 12 amide bonds. The normalized spacial score (nSPS) is 24.7. The molecule has 3 saturated heterocycles. The van der Waals surface area contributed by atoms with Crippen molar-refractivity contribution in [3.05, 3.63) is 184 Å². The van der Waals surface area contributed by atoms with Crippen molar-refractivity contribution in [1.82, 2.24) is 68.0 Å². The summed E-state index contributed by atoms with van der Waals surface area (Å²) in [5.74, 6) is -9.72. The van der Waals surface area contributed by atoms with Crippen LogP contribution in [-0.4, -0.2) is 274 Å². The number of nitrogens with two attached hydrogens (primary N) is 2. The molecule has 3 fully saturated rings. The number of nitrogens with zero attached hydrogens (tertiary/aromatic N) is 2. The molecule has 5 aromatic carbocycles. The molecule has 138 heavy (non-hydrogen) atoms. The number of anilines is 1. The first-order valence-corrected chi connectivity index (χ1v) is 50.9. The van der Waals surface area contributed by atoms with E-state index < -0.39 is 180 Å². The minimum Gasteiger partial charge on any atom is -0.508 e. The van der Waals surface area contributed by atoms with E-state index in [1.54, 1.807) is 93.0 Å². The van der Waals surface area contributed by atoms with Crippen molar-refractivity contribution in [3.63, 3.8) is 0 Å². The molecular formula is C96H123ClN16O21S4. The van der Waals surface area contributed by atoms with Crippen LogP contribution in [0.15, 0.2) is 151 Å². The van der Waals surface area contributed by atoms with E-state index in [9.17, 15) is 58.5 Å². The van der Waals surface area contributed by atoms with Crippen molar-refractivity contribution >= 4 is 159 Å². The number of aliphatic hydroxyl groups excluding tert-OH is 1. The quantitative estimate of drug-likeness (QED) is 0.0109. The third-order valence-corrected chi connectivity index (χ3v) is 29.9. The number of likely N-dealkylation sites (N-methyl/N-ethyl adjacent to an activating group) is 1. The Kier molecular flexibility index (Phi) is 39.1. The number of hydrogen-bond donors (Lipinski definition) is 17. The number of alkyl carbamates (subject to hydrolysis) is 1. The van der Waals surface area contributed by atoms with E-state index in [4.69, 9.17) is 46.8 Å². The number of H-pyrrole nitrogens is 2. The molecule has 4 unspecified atom stereocenters. The number of ether oxygens (including phenoxy) is 5. The van der Waals surface area contributed by atoms with Crippen LogP contribution in [0.5, 0.6) is 11.5 Å². The first-order valence-electron chi connectivity index (χ1n) is 45.5. The van der Waals surface area contributed by atoms with Crippen molar-refractivity contribution in [2.45, 2.75) is 208 Å². The number of phenolic OH excluding ortho intramolecular Hbond substituents is 1.